The smallest absolute Gasteiger partial charge is 0.255 e. The van der Waals surface area contributed by atoms with Crippen LogP contribution in [0.1, 0.15) is 34.3 Å². The zero-order valence-corrected chi connectivity index (χ0v) is 19.1. The van der Waals surface area contributed by atoms with Crippen LogP contribution in [0, 0.1) is 11.7 Å². The van der Waals surface area contributed by atoms with Crippen molar-refractivity contribution in [2.24, 2.45) is 5.92 Å². The maximum atomic E-state index is 13.5. The fraction of sp³-hybridized carbons (Fsp3) is 0.346. The van der Waals surface area contributed by atoms with Crippen molar-refractivity contribution >= 4 is 17.5 Å². The first-order valence-electron chi connectivity index (χ1n) is 11.6. The first-order chi connectivity index (χ1) is 16.6. The molecule has 3 N–H and O–H groups in total. The maximum Gasteiger partial charge on any atom is 0.255 e. The number of nitrogens with one attached hydrogen (secondary N) is 2. The monoisotopic (exact) mass is 463 g/mol. The lowest BCUT2D eigenvalue weighted by molar-refractivity contribution is 0.0951. The number of pyridine rings is 2. The molecule has 1 aliphatic rings. The fourth-order valence-corrected chi connectivity index (χ4v) is 4.09. The van der Waals surface area contributed by atoms with Crippen molar-refractivity contribution in [2.75, 3.05) is 36.5 Å². The molecule has 0 saturated carbocycles. The van der Waals surface area contributed by atoms with Gasteiger partial charge in [0.05, 0.1) is 5.56 Å². The lowest BCUT2D eigenvalue weighted by atomic mass is 9.98. The van der Waals surface area contributed by atoms with Crippen molar-refractivity contribution in [1.82, 2.24) is 15.3 Å². The van der Waals surface area contributed by atoms with Crippen LogP contribution in [-0.4, -0.2) is 47.2 Å². The van der Waals surface area contributed by atoms with Gasteiger partial charge in [0.2, 0.25) is 0 Å². The lowest BCUT2D eigenvalue weighted by Gasteiger charge is -2.32. The van der Waals surface area contributed by atoms with E-state index >= 15 is 0 Å². The molecule has 0 bridgehead atoms. The minimum atomic E-state index is -0.264. The highest BCUT2D eigenvalue weighted by atomic mass is 19.1. The molecule has 178 valence electrons. The third kappa shape index (κ3) is 6.29. The van der Waals surface area contributed by atoms with Gasteiger partial charge in [0.15, 0.2) is 0 Å². The molecular formula is C26H30FN5O2. The lowest BCUT2D eigenvalue weighted by Crippen LogP contribution is -2.35. The van der Waals surface area contributed by atoms with E-state index in [2.05, 4.69) is 20.5 Å². The van der Waals surface area contributed by atoms with Crippen LogP contribution in [0.5, 0.6) is 0 Å². The van der Waals surface area contributed by atoms with E-state index in [1.807, 2.05) is 24.3 Å². The Bertz CT molecular complexity index is 1090. The minimum Gasteiger partial charge on any atom is -0.396 e. The van der Waals surface area contributed by atoms with Crippen LogP contribution < -0.4 is 15.5 Å². The Balaban J connectivity index is 1.48. The summed E-state index contributed by atoms with van der Waals surface area (Å²) < 4.78 is 13.5. The summed E-state index contributed by atoms with van der Waals surface area (Å²) in [6.07, 6.45) is 5.83. The number of amides is 1. The van der Waals surface area contributed by atoms with Crippen molar-refractivity contribution < 1.29 is 14.3 Å². The van der Waals surface area contributed by atoms with Crippen LogP contribution in [-0.2, 0) is 13.0 Å². The maximum absolute atomic E-state index is 13.5. The molecule has 7 nitrogen and oxygen atoms in total. The van der Waals surface area contributed by atoms with Crippen LogP contribution in [0.2, 0.25) is 0 Å². The normalized spacial score (nSPS) is 14.1. The molecule has 1 aromatic carbocycles. The highest BCUT2D eigenvalue weighted by molar-refractivity contribution is 5.99. The molecule has 1 amide bonds. The Morgan fingerprint density at radius 3 is 2.68 bits per heavy atom. The molecule has 0 atom stereocenters. The first-order valence-corrected chi connectivity index (χ1v) is 11.6. The molecule has 1 saturated heterocycles. The molecule has 0 unspecified atom stereocenters. The van der Waals surface area contributed by atoms with Crippen molar-refractivity contribution in [3.63, 3.8) is 0 Å². The Morgan fingerprint density at radius 2 is 1.94 bits per heavy atom. The van der Waals surface area contributed by atoms with E-state index < -0.39 is 0 Å². The summed E-state index contributed by atoms with van der Waals surface area (Å²) in [5.41, 5.74) is 2.24. The molecule has 2 aromatic heterocycles. The van der Waals surface area contributed by atoms with Crippen molar-refractivity contribution in [2.45, 2.75) is 25.8 Å². The van der Waals surface area contributed by atoms with Crippen LogP contribution in [0.25, 0.3) is 0 Å². The van der Waals surface area contributed by atoms with Gasteiger partial charge in [-0.05, 0) is 66.6 Å². The van der Waals surface area contributed by atoms with Crippen molar-refractivity contribution in [1.29, 1.82) is 0 Å². The van der Waals surface area contributed by atoms with Gasteiger partial charge in [-0.15, -0.1) is 0 Å². The molecule has 34 heavy (non-hydrogen) atoms. The molecule has 1 aliphatic heterocycles. The van der Waals surface area contributed by atoms with Gasteiger partial charge in [-0.25, -0.2) is 9.37 Å². The molecule has 0 spiro atoms. The van der Waals surface area contributed by atoms with Gasteiger partial charge in [-0.3, -0.25) is 9.78 Å². The van der Waals surface area contributed by atoms with Gasteiger partial charge in [-0.2, -0.15) is 0 Å². The quantitative estimate of drug-likeness (QED) is 0.451. The number of hydrogen-bond acceptors (Lipinski definition) is 6. The zero-order chi connectivity index (χ0) is 23.8. The molecule has 0 radical (unpaired) electrons. The Hall–Kier alpha value is -3.52. The number of aliphatic hydroxyl groups is 1. The van der Waals surface area contributed by atoms with Gasteiger partial charge in [-0.1, -0.05) is 18.2 Å². The van der Waals surface area contributed by atoms with Crippen molar-refractivity contribution in [3.8, 4) is 0 Å². The van der Waals surface area contributed by atoms with E-state index in [1.54, 1.807) is 24.5 Å². The standard InChI is InChI=1S/C26H30FN5O2/c27-22-5-1-3-19(15-22)8-12-29-25-23(26(34)30-17-21-4-2-11-28-16-21)6-7-24(31-25)32-13-9-20(18-33)10-14-32/h1-7,11,15-16,20,33H,8-10,12-14,17-18H2,(H,29,31)(H,30,34). The van der Waals surface area contributed by atoms with E-state index in [-0.39, 0.29) is 18.3 Å². The molecule has 4 rings (SSSR count). The zero-order valence-electron chi connectivity index (χ0n) is 19.1. The largest absolute Gasteiger partial charge is 0.396 e. The van der Waals surface area contributed by atoms with Gasteiger partial charge in [0, 0.05) is 45.2 Å². The Kier molecular flexibility index (Phi) is 8.04. The second kappa shape index (κ2) is 11.6. The van der Waals surface area contributed by atoms with Crippen LogP contribution in [0.4, 0.5) is 16.0 Å². The highest BCUT2D eigenvalue weighted by Gasteiger charge is 2.21. The molecule has 3 aromatic rings. The number of anilines is 2. The number of rotatable bonds is 9. The first kappa shape index (κ1) is 23.6. The predicted octanol–water partition coefficient (Wildman–Crippen LogP) is 3.41. The van der Waals surface area contributed by atoms with Crippen LogP contribution in [0.3, 0.4) is 0 Å². The number of benzene rings is 1. The number of carbonyl (C=O) groups is 1. The summed E-state index contributed by atoms with van der Waals surface area (Å²) in [6, 6.07) is 13.9. The number of aromatic nitrogens is 2. The molecule has 3 heterocycles. The van der Waals surface area contributed by atoms with E-state index in [1.165, 1.54) is 12.1 Å². The molecule has 8 heteroatoms. The van der Waals surface area contributed by atoms with E-state index in [4.69, 9.17) is 4.98 Å². The third-order valence-electron chi connectivity index (χ3n) is 6.09. The van der Waals surface area contributed by atoms with Crippen LogP contribution in [0.15, 0.2) is 60.9 Å². The number of carbonyl (C=O) groups excluding carboxylic acids is 1. The molecule has 1 fully saturated rings. The number of hydrogen-bond donors (Lipinski definition) is 3. The number of halogens is 1. The topological polar surface area (TPSA) is 90.4 Å². The highest BCUT2D eigenvalue weighted by Crippen LogP contribution is 2.25. The average Bonchev–Trinajstić information content (AvgIpc) is 2.88. The van der Waals surface area contributed by atoms with Gasteiger partial charge < -0.3 is 20.6 Å². The SMILES string of the molecule is O=C(NCc1cccnc1)c1ccc(N2CCC(CO)CC2)nc1NCCc1cccc(F)c1. The summed E-state index contributed by atoms with van der Waals surface area (Å²) in [5.74, 6) is 1.14. The second-order valence-electron chi connectivity index (χ2n) is 8.53. The summed E-state index contributed by atoms with van der Waals surface area (Å²) >= 11 is 0. The summed E-state index contributed by atoms with van der Waals surface area (Å²) in [4.78, 5) is 24.0. The van der Waals surface area contributed by atoms with Crippen molar-refractivity contribution in [3.05, 3.63) is 83.4 Å². The summed E-state index contributed by atoms with van der Waals surface area (Å²) in [5, 5.41) is 15.6. The third-order valence-corrected chi connectivity index (χ3v) is 6.09. The second-order valence-corrected chi connectivity index (χ2v) is 8.53. The summed E-state index contributed by atoms with van der Waals surface area (Å²) in [7, 11) is 0. The Morgan fingerprint density at radius 1 is 1.12 bits per heavy atom. The number of nitrogens with zero attached hydrogens (tertiary/aromatic N) is 3. The van der Waals surface area contributed by atoms with E-state index in [0.717, 1.165) is 42.9 Å². The van der Waals surface area contributed by atoms with Gasteiger partial charge in [0.25, 0.3) is 5.91 Å². The van der Waals surface area contributed by atoms with Crippen LogP contribution >= 0.6 is 0 Å². The number of aliphatic hydroxyl groups excluding tert-OH is 1. The van der Waals surface area contributed by atoms with E-state index in [9.17, 15) is 14.3 Å². The summed E-state index contributed by atoms with van der Waals surface area (Å²) in [6.45, 7) is 2.71. The van der Waals surface area contributed by atoms with E-state index in [0.29, 0.717) is 36.8 Å². The predicted molar refractivity (Wildman–Crippen MR) is 130 cm³/mol. The number of piperidine rings is 1. The fourth-order valence-electron chi connectivity index (χ4n) is 4.09. The Labute approximate surface area is 199 Å². The van der Waals surface area contributed by atoms with Gasteiger partial charge >= 0.3 is 0 Å². The van der Waals surface area contributed by atoms with Gasteiger partial charge in [0.1, 0.15) is 17.5 Å². The molecular weight excluding hydrogens is 433 g/mol. The average molecular weight is 464 g/mol. The minimum absolute atomic E-state index is 0.212. The molecule has 0 aliphatic carbocycles.